The van der Waals surface area contributed by atoms with Gasteiger partial charge in [0, 0.05) is 19.0 Å². The Bertz CT molecular complexity index is 740. The average Bonchev–Trinajstić information content (AvgIpc) is 3.27. The first-order chi connectivity index (χ1) is 11.1. The number of carboxylic acids is 1. The van der Waals surface area contributed by atoms with E-state index in [1.54, 1.807) is 16.2 Å². The molecule has 1 aromatic carbocycles. The third-order valence-corrected chi connectivity index (χ3v) is 6.21. The van der Waals surface area contributed by atoms with Crippen LogP contribution in [-0.4, -0.2) is 40.0 Å². The monoisotopic (exact) mass is 330 g/mol. The van der Waals surface area contributed by atoms with Gasteiger partial charge in [-0.2, -0.15) is 0 Å². The number of nitrogens with zero attached hydrogens (tertiary/aromatic N) is 2. The molecule has 0 spiro atoms. The number of benzene rings is 1. The summed E-state index contributed by atoms with van der Waals surface area (Å²) in [5.74, 6) is -0.778. The third-order valence-electron chi connectivity index (χ3n) is 5.01. The molecule has 6 heteroatoms. The van der Waals surface area contributed by atoms with Crippen LogP contribution in [0.1, 0.15) is 36.6 Å². The van der Waals surface area contributed by atoms with Gasteiger partial charge in [0.2, 0.25) is 5.91 Å². The van der Waals surface area contributed by atoms with E-state index in [0.717, 1.165) is 23.4 Å². The lowest BCUT2D eigenvalue weighted by atomic mass is 9.95. The Labute approximate surface area is 137 Å². The number of amides is 1. The van der Waals surface area contributed by atoms with E-state index in [9.17, 15) is 14.7 Å². The number of thiazole rings is 1. The molecule has 2 aromatic rings. The van der Waals surface area contributed by atoms with Crippen LogP contribution in [0.25, 0.3) is 10.2 Å². The summed E-state index contributed by atoms with van der Waals surface area (Å²) in [7, 11) is 0. The van der Waals surface area contributed by atoms with Crippen molar-refractivity contribution in [3.63, 3.8) is 0 Å². The van der Waals surface area contributed by atoms with Crippen molar-refractivity contribution in [1.82, 2.24) is 9.88 Å². The van der Waals surface area contributed by atoms with Gasteiger partial charge in [0.05, 0.1) is 15.2 Å². The van der Waals surface area contributed by atoms with E-state index >= 15 is 0 Å². The zero-order valence-corrected chi connectivity index (χ0v) is 13.5. The minimum absolute atomic E-state index is 0.187. The standard InChI is InChI=1S/C17H18N2O3S/c20-15(17(7-8-17)16(21)22)19-9-5-11(6-10-19)14-18-12-3-1-2-4-13(12)23-14/h1-4,11H,5-10H2,(H,21,22). The number of hydrogen-bond acceptors (Lipinski definition) is 4. The first kappa shape index (κ1) is 14.6. The maximum Gasteiger partial charge on any atom is 0.319 e. The van der Waals surface area contributed by atoms with Crippen LogP contribution in [0, 0.1) is 5.41 Å². The molecule has 120 valence electrons. The van der Waals surface area contributed by atoms with Crippen LogP contribution in [0.15, 0.2) is 24.3 Å². The van der Waals surface area contributed by atoms with Gasteiger partial charge in [-0.1, -0.05) is 12.1 Å². The lowest BCUT2D eigenvalue weighted by molar-refractivity contribution is -0.153. The molecule has 1 saturated carbocycles. The van der Waals surface area contributed by atoms with Gasteiger partial charge in [0.25, 0.3) is 0 Å². The van der Waals surface area contributed by atoms with Gasteiger partial charge in [-0.3, -0.25) is 9.59 Å². The summed E-state index contributed by atoms with van der Waals surface area (Å²) in [5, 5.41) is 10.4. The Morgan fingerprint density at radius 3 is 2.52 bits per heavy atom. The number of aliphatic carboxylic acids is 1. The quantitative estimate of drug-likeness (QED) is 0.879. The number of carboxylic acid groups (broad SMARTS) is 1. The molecule has 2 fully saturated rings. The fourth-order valence-corrected chi connectivity index (χ4v) is 4.48. The van der Waals surface area contributed by atoms with Crippen molar-refractivity contribution in [2.75, 3.05) is 13.1 Å². The number of carbonyl (C=O) groups excluding carboxylic acids is 1. The Hall–Kier alpha value is -1.95. The number of aromatic nitrogens is 1. The topological polar surface area (TPSA) is 70.5 Å². The number of piperidine rings is 1. The highest BCUT2D eigenvalue weighted by Gasteiger charge is 2.58. The Balaban J connectivity index is 1.45. The van der Waals surface area contributed by atoms with Gasteiger partial charge >= 0.3 is 5.97 Å². The summed E-state index contributed by atoms with van der Waals surface area (Å²) in [6.07, 6.45) is 2.69. The largest absolute Gasteiger partial charge is 0.480 e. The van der Waals surface area contributed by atoms with Crippen molar-refractivity contribution in [3.05, 3.63) is 29.3 Å². The summed E-state index contributed by atoms with van der Waals surface area (Å²) in [6.45, 7) is 1.27. The molecule has 2 aliphatic rings. The molecule has 1 amide bonds. The molecular weight excluding hydrogens is 312 g/mol. The fourth-order valence-electron chi connectivity index (χ4n) is 3.34. The van der Waals surface area contributed by atoms with Crippen LogP contribution in [-0.2, 0) is 9.59 Å². The number of rotatable bonds is 3. The Kier molecular flexibility index (Phi) is 3.37. The predicted molar refractivity (Wildman–Crippen MR) is 87.5 cm³/mol. The molecule has 4 rings (SSSR count). The first-order valence-electron chi connectivity index (χ1n) is 7.98. The summed E-state index contributed by atoms with van der Waals surface area (Å²) in [6, 6.07) is 8.12. The molecule has 5 nitrogen and oxygen atoms in total. The molecule has 1 aliphatic carbocycles. The predicted octanol–water partition coefficient (Wildman–Crippen LogP) is 2.87. The molecule has 1 aliphatic heterocycles. The van der Waals surface area contributed by atoms with Crippen molar-refractivity contribution < 1.29 is 14.7 Å². The molecule has 1 saturated heterocycles. The molecule has 0 radical (unpaired) electrons. The van der Waals surface area contributed by atoms with Crippen LogP contribution in [0.2, 0.25) is 0 Å². The maximum atomic E-state index is 12.4. The minimum atomic E-state index is -1.11. The SMILES string of the molecule is O=C(O)C1(C(=O)N2CCC(c3nc4ccccc4s3)CC2)CC1. The van der Waals surface area contributed by atoms with E-state index in [0.29, 0.717) is 31.8 Å². The second kappa shape index (κ2) is 5.30. The second-order valence-corrected chi connectivity index (χ2v) is 7.54. The van der Waals surface area contributed by atoms with Crippen LogP contribution in [0.4, 0.5) is 0 Å². The molecule has 1 aromatic heterocycles. The first-order valence-corrected chi connectivity index (χ1v) is 8.80. The molecule has 1 N–H and O–H groups in total. The summed E-state index contributed by atoms with van der Waals surface area (Å²) in [4.78, 5) is 30.2. The molecule has 2 heterocycles. The molecular formula is C17H18N2O3S. The highest BCUT2D eigenvalue weighted by atomic mass is 32.1. The lowest BCUT2D eigenvalue weighted by Gasteiger charge is -2.32. The average molecular weight is 330 g/mol. The normalized spacial score (nSPS) is 20.6. The van der Waals surface area contributed by atoms with Crippen LogP contribution >= 0.6 is 11.3 Å². The molecule has 0 unspecified atom stereocenters. The minimum Gasteiger partial charge on any atom is -0.480 e. The van der Waals surface area contributed by atoms with Crippen LogP contribution in [0.3, 0.4) is 0 Å². The van der Waals surface area contributed by atoms with Crippen molar-refractivity contribution in [2.45, 2.75) is 31.6 Å². The van der Waals surface area contributed by atoms with E-state index in [-0.39, 0.29) is 5.91 Å². The summed E-state index contributed by atoms with van der Waals surface area (Å²) >= 11 is 1.73. The number of likely N-dealkylation sites (tertiary alicyclic amines) is 1. The van der Waals surface area contributed by atoms with E-state index in [2.05, 4.69) is 6.07 Å². The third kappa shape index (κ3) is 2.41. The van der Waals surface area contributed by atoms with Gasteiger partial charge in [0.15, 0.2) is 0 Å². The number of fused-ring (bicyclic) bond motifs is 1. The van der Waals surface area contributed by atoms with Crippen molar-refractivity contribution >= 4 is 33.4 Å². The van der Waals surface area contributed by atoms with Crippen LogP contribution < -0.4 is 0 Å². The highest BCUT2D eigenvalue weighted by molar-refractivity contribution is 7.18. The van der Waals surface area contributed by atoms with E-state index < -0.39 is 11.4 Å². The van der Waals surface area contributed by atoms with Gasteiger partial charge in [-0.25, -0.2) is 4.98 Å². The molecule has 0 atom stereocenters. The van der Waals surface area contributed by atoms with Crippen molar-refractivity contribution in [3.8, 4) is 0 Å². The zero-order chi connectivity index (χ0) is 16.0. The fraction of sp³-hybridized carbons (Fsp3) is 0.471. The van der Waals surface area contributed by atoms with Gasteiger partial charge in [-0.05, 0) is 37.8 Å². The Morgan fingerprint density at radius 1 is 1.22 bits per heavy atom. The smallest absolute Gasteiger partial charge is 0.319 e. The highest BCUT2D eigenvalue weighted by Crippen LogP contribution is 2.48. The lowest BCUT2D eigenvalue weighted by Crippen LogP contribution is -2.44. The summed E-state index contributed by atoms with van der Waals surface area (Å²) in [5.41, 5.74) is -0.0725. The van der Waals surface area contributed by atoms with E-state index in [1.807, 2.05) is 18.2 Å². The number of para-hydroxylation sites is 1. The zero-order valence-electron chi connectivity index (χ0n) is 12.7. The molecule has 23 heavy (non-hydrogen) atoms. The van der Waals surface area contributed by atoms with E-state index in [4.69, 9.17) is 4.98 Å². The molecule has 0 bridgehead atoms. The second-order valence-electron chi connectivity index (χ2n) is 6.47. The number of carbonyl (C=O) groups is 2. The van der Waals surface area contributed by atoms with Gasteiger partial charge in [-0.15, -0.1) is 11.3 Å². The van der Waals surface area contributed by atoms with Crippen molar-refractivity contribution in [2.24, 2.45) is 5.41 Å². The van der Waals surface area contributed by atoms with Gasteiger partial charge < -0.3 is 10.0 Å². The maximum absolute atomic E-state index is 12.4. The van der Waals surface area contributed by atoms with Crippen LogP contribution in [0.5, 0.6) is 0 Å². The number of hydrogen-bond donors (Lipinski definition) is 1. The Morgan fingerprint density at radius 2 is 1.91 bits per heavy atom. The summed E-state index contributed by atoms with van der Waals surface area (Å²) < 4.78 is 1.20. The van der Waals surface area contributed by atoms with E-state index in [1.165, 1.54) is 4.70 Å². The van der Waals surface area contributed by atoms with Gasteiger partial charge in [0.1, 0.15) is 5.41 Å². The van der Waals surface area contributed by atoms with Crippen molar-refractivity contribution in [1.29, 1.82) is 0 Å².